The molecule has 0 saturated carbocycles. The van der Waals surface area contributed by atoms with E-state index in [1.165, 1.54) is 0 Å². The van der Waals surface area contributed by atoms with Gasteiger partial charge in [0.1, 0.15) is 0 Å². The zero-order chi connectivity index (χ0) is 29.7. The Hall–Kier alpha value is 1.26. The second-order valence-electron chi connectivity index (χ2n) is 15.6. The first-order chi connectivity index (χ1) is 16.2. The lowest BCUT2D eigenvalue weighted by Gasteiger charge is -2.47. The number of hydrogen-bond acceptors (Lipinski definition) is 5. The Morgan fingerprint density at radius 2 is 0.784 bits per heavy atom. The molecule has 0 bridgehead atoms. The molecular formula is C30H65I2N5. The summed E-state index contributed by atoms with van der Waals surface area (Å²) in [5.41, 5.74) is 0.588. The highest BCUT2D eigenvalue weighted by Gasteiger charge is 2.34. The molecule has 0 unspecified atom stereocenters. The lowest BCUT2D eigenvalue weighted by Crippen LogP contribution is -2.56. The van der Waals surface area contributed by atoms with Crippen molar-refractivity contribution in [1.29, 1.82) is 0 Å². The Morgan fingerprint density at radius 3 is 1.08 bits per heavy atom. The standard InChI is InChI=1S/C30H65I2N5/c1-25(2,3)33-17-18-34(26(4,5)6)19-21-36(29(13,14)31)22-20-35(27(7,8)9)23-24-37(28(10,11)12)30(15,16)32/h33H,17-24H2,1-16H3. The third kappa shape index (κ3) is 16.3. The minimum absolute atomic E-state index is 0.107. The van der Waals surface area contributed by atoms with Crippen LogP contribution in [0.15, 0.2) is 0 Å². The quantitative estimate of drug-likeness (QED) is 0.114. The van der Waals surface area contributed by atoms with Gasteiger partial charge in [-0.05, 0) is 111 Å². The molecule has 1 N–H and O–H groups in total. The normalized spacial score (nSPS) is 15.1. The van der Waals surface area contributed by atoms with E-state index >= 15 is 0 Å². The first-order valence-corrected chi connectivity index (χ1v) is 16.5. The molecule has 0 aromatic heterocycles. The number of hydrogen-bond donors (Lipinski definition) is 1. The molecule has 7 heteroatoms. The van der Waals surface area contributed by atoms with Gasteiger partial charge in [0.2, 0.25) is 0 Å². The summed E-state index contributed by atoms with van der Waals surface area (Å²) >= 11 is 5.23. The Balaban J connectivity index is 5.45. The van der Waals surface area contributed by atoms with Gasteiger partial charge in [0.25, 0.3) is 0 Å². The van der Waals surface area contributed by atoms with Crippen molar-refractivity contribution in [2.45, 2.75) is 140 Å². The topological polar surface area (TPSA) is 25.0 Å². The second-order valence-corrected chi connectivity index (χ2v) is 20.9. The molecule has 0 aliphatic carbocycles. The van der Waals surface area contributed by atoms with Gasteiger partial charge >= 0.3 is 0 Å². The predicted octanol–water partition coefficient (Wildman–Crippen LogP) is 7.32. The monoisotopic (exact) mass is 749 g/mol. The van der Waals surface area contributed by atoms with E-state index in [0.717, 1.165) is 52.4 Å². The van der Waals surface area contributed by atoms with Crippen molar-refractivity contribution in [3.63, 3.8) is 0 Å². The zero-order valence-electron chi connectivity index (χ0n) is 27.7. The van der Waals surface area contributed by atoms with Crippen LogP contribution in [0, 0.1) is 0 Å². The fraction of sp³-hybridized carbons (Fsp3) is 1.00. The van der Waals surface area contributed by atoms with Gasteiger partial charge in [-0.2, -0.15) is 0 Å². The molecule has 0 rings (SSSR count). The minimum Gasteiger partial charge on any atom is -0.311 e. The highest BCUT2D eigenvalue weighted by atomic mass is 127. The highest BCUT2D eigenvalue weighted by molar-refractivity contribution is 14.1. The lowest BCUT2D eigenvalue weighted by molar-refractivity contribution is 0.0422. The first-order valence-electron chi connectivity index (χ1n) is 14.3. The SMILES string of the molecule is CC(C)(C)NCCN(CCN(CCN(CCN(C(C)(C)C)C(C)(C)I)C(C)(C)C)C(C)(C)I)C(C)(C)C. The largest absolute Gasteiger partial charge is 0.311 e. The molecule has 0 spiro atoms. The number of halogens is 2. The fourth-order valence-electron chi connectivity index (χ4n) is 4.88. The van der Waals surface area contributed by atoms with Gasteiger partial charge in [-0.1, -0.05) is 45.2 Å². The summed E-state index contributed by atoms with van der Waals surface area (Å²) < 4.78 is 0.226. The van der Waals surface area contributed by atoms with Crippen LogP contribution in [0.3, 0.4) is 0 Å². The van der Waals surface area contributed by atoms with Crippen molar-refractivity contribution < 1.29 is 0 Å². The molecule has 224 valence electrons. The van der Waals surface area contributed by atoms with Crippen LogP contribution in [0.1, 0.15) is 111 Å². The average molecular weight is 750 g/mol. The molecule has 0 aromatic rings. The van der Waals surface area contributed by atoms with E-state index in [4.69, 9.17) is 0 Å². The third-order valence-electron chi connectivity index (χ3n) is 7.01. The first kappa shape index (κ1) is 38.3. The summed E-state index contributed by atoms with van der Waals surface area (Å²) in [6.45, 7) is 45.8. The van der Waals surface area contributed by atoms with E-state index in [1.807, 2.05) is 0 Å². The summed E-state index contributed by atoms with van der Waals surface area (Å²) in [4.78, 5) is 10.7. The van der Waals surface area contributed by atoms with Crippen LogP contribution < -0.4 is 5.32 Å². The van der Waals surface area contributed by atoms with Gasteiger partial charge in [-0.3, -0.25) is 19.6 Å². The van der Waals surface area contributed by atoms with Gasteiger partial charge < -0.3 is 5.32 Å². The van der Waals surface area contributed by atoms with Crippen molar-refractivity contribution >= 4 is 45.2 Å². The minimum atomic E-state index is 0.107. The van der Waals surface area contributed by atoms with Gasteiger partial charge in [-0.15, -0.1) is 0 Å². The number of rotatable bonds is 14. The molecule has 0 aliphatic rings. The van der Waals surface area contributed by atoms with Gasteiger partial charge in [0, 0.05) is 74.5 Å². The highest BCUT2D eigenvalue weighted by Crippen LogP contribution is 2.31. The van der Waals surface area contributed by atoms with Crippen LogP contribution in [0.25, 0.3) is 0 Å². The molecule has 0 atom stereocenters. The average Bonchev–Trinajstić information content (AvgIpc) is 2.58. The van der Waals surface area contributed by atoms with Crippen LogP contribution in [0.4, 0.5) is 0 Å². The molecule has 0 fully saturated rings. The predicted molar refractivity (Wildman–Crippen MR) is 185 cm³/mol. The fourth-order valence-corrected chi connectivity index (χ4v) is 6.32. The van der Waals surface area contributed by atoms with Crippen molar-refractivity contribution in [3.05, 3.63) is 0 Å². The Labute approximate surface area is 260 Å². The smallest absolute Gasteiger partial charge is 0.0677 e. The third-order valence-corrected chi connectivity index (χ3v) is 8.28. The van der Waals surface area contributed by atoms with Crippen LogP contribution >= 0.6 is 45.2 Å². The van der Waals surface area contributed by atoms with E-state index < -0.39 is 0 Å². The van der Waals surface area contributed by atoms with Gasteiger partial charge in [0.15, 0.2) is 0 Å². The Morgan fingerprint density at radius 1 is 0.432 bits per heavy atom. The summed E-state index contributed by atoms with van der Waals surface area (Å²) in [5.74, 6) is 0. The molecule has 0 amide bonds. The van der Waals surface area contributed by atoms with Crippen LogP contribution in [0.5, 0.6) is 0 Å². The Kier molecular flexibility index (Phi) is 14.9. The van der Waals surface area contributed by atoms with E-state index in [-0.39, 0.29) is 29.2 Å². The van der Waals surface area contributed by atoms with E-state index in [2.05, 4.69) is 181 Å². The maximum Gasteiger partial charge on any atom is 0.0677 e. The van der Waals surface area contributed by atoms with Crippen molar-refractivity contribution in [3.8, 4) is 0 Å². The molecule has 0 radical (unpaired) electrons. The number of nitrogens with one attached hydrogen (secondary N) is 1. The maximum absolute atomic E-state index is 3.68. The Bertz CT molecular complexity index is 626. The molecule has 37 heavy (non-hydrogen) atoms. The number of nitrogens with zero attached hydrogens (tertiary/aromatic N) is 4. The molecule has 0 aromatic carbocycles. The second kappa shape index (κ2) is 14.4. The van der Waals surface area contributed by atoms with Gasteiger partial charge in [0.05, 0.1) is 7.09 Å². The van der Waals surface area contributed by atoms with Crippen molar-refractivity contribution in [2.24, 2.45) is 0 Å². The molecule has 0 heterocycles. The van der Waals surface area contributed by atoms with E-state index in [1.54, 1.807) is 0 Å². The van der Waals surface area contributed by atoms with E-state index in [9.17, 15) is 0 Å². The van der Waals surface area contributed by atoms with Crippen LogP contribution in [-0.2, 0) is 0 Å². The maximum atomic E-state index is 3.68. The van der Waals surface area contributed by atoms with Gasteiger partial charge in [-0.25, -0.2) is 0 Å². The van der Waals surface area contributed by atoms with Crippen molar-refractivity contribution in [1.82, 2.24) is 24.9 Å². The summed E-state index contributed by atoms with van der Waals surface area (Å²) in [7, 11) is 0. The van der Waals surface area contributed by atoms with Crippen molar-refractivity contribution in [2.75, 3.05) is 52.4 Å². The van der Waals surface area contributed by atoms with Crippen LogP contribution in [-0.4, -0.2) is 101 Å². The summed E-state index contributed by atoms with van der Waals surface area (Å²) in [6.07, 6.45) is 0. The lowest BCUT2D eigenvalue weighted by atomic mass is 10.0. The summed E-state index contributed by atoms with van der Waals surface area (Å²) in [6, 6.07) is 0. The number of alkyl halides is 2. The molecular weight excluding hydrogens is 684 g/mol. The van der Waals surface area contributed by atoms with Crippen LogP contribution in [0.2, 0.25) is 0 Å². The molecule has 5 nitrogen and oxygen atoms in total. The molecule has 0 aliphatic heterocycles. The van der Waals surface area contributed by atoms with E-state index in [0.29, 0.717) is 0 Å². The zero-order valence-corrected chi connectivity index (χ0v) is 32.0. The summed E-state index contributed by atoms with van der Waals surface area (Å²) in [5, 5.41) is 3.68. The molecule has 0 saturated heterocycles.